The zero-order chi connectivity index (χ0) is 31.7. The second-order valence-corrected chi connectivity index (χ2v) is 12.3. The molecule has 1 aliphatic heterocycles. The van der Waals surface area contributed by atoms with Crippen LogP contribution in [0.1, 0.15) is 47.1 Å². The molecule has 4 aromatic carbocycles. The van der Waals surface area contributed by atoms with Gasteiger partial charge in [-0.3, -0.25) is 5.10 Å². The summed E-state index contributed by atoms with van der Waals surface area (Å²) in [6.07, 6.45) is 0.583. The van der Waals surface area contributed by atoms with Gasteiger partial charge in [-0.1, -0.05) is 110 Å². The van der Waals surface area contributed by atoms with Gasteiger partial charge in [0.2, 0.25) is 0 Å². The first-order valence-corrected chi connectivity index (χ1v) is 16.3. The number of aliphatic hydroxyl groups is 1. The average Bonchev–Trinajstić information content (AvgIpc) is 3.64. The van der Waals surface area contributed by atoms with E-state index in [2.05, 4.69) is 57.0 Å². The van der Waals surface area contributed by atoms with Crippen molar-refractivity contribution in [2.24, 2.45) is 5.92 Å². The maximum atomic E-state index is 12.4. The summed E-state index contributed by atoms with van der Waals surface area (Å²) >= 11 is 1.57. The largest absolute Gasteiger partial charge is 0.392 e. The smallest absolute Gasteiger partial charge is 0.315 e. The second kappa shape index (κ2) is 15.2. The molecule has 1 aromatic heterocycles. The third-order valence-electron chi connectivity index (χ3n) is 8.07. The van der Waals surface area contributed by atoms with Gasteiger partial charge in [0.25, 0.3) is 0 Å². The number of aromatic amines is 1. The number of aliphatic hydroxyl groups excluding tert-OH is 1. The van der Waals surface area contributed by atoms with Gasteiger partial charge in [0.15, 0.2) is 11.4 Å². The van der Waals surface area contributed by atoms with Crippen LogP contribution in [0.25, 0.3) is 11.1 Å². The summed E-state index contributed by atoms with van der Waals surface area (Å²) in [5.74, 6) is 0.735. The molecule has 10 heteroatoms. The van der Waals surface area contributed by atoms with E-state index >= 15 is 0 Å². The SMILES string of the molecule is CC1C(CSc2ncn[nH]2)OC(c2cccc(-c3cccc(CNC(=O)NCc4ccccc4)c3)c2)OC1c1ccc(CO)cc1. The zero-order valence-electron chi connectivity index (χ0n) is 25.5. The van der Waals surface area contributed by atoms with Gasteiger partial charge >= 0.3 is 6.03 Å². The molecule has 9 nitrogen and oxygen atoms in total. The molecule has 5 aromatic rings. The summed E-state index contributed by atoms with van der Waals surface area (Å²) in [4.78, 5) is 16.7. The predicted octanol–water partition coefficient (Wildman–Crippen LogP) is 6.55. The summed E-state index contributed by atoms with van der Waals surface area (Å²) in [5, 5.41) is 23.0. The Morgan fingerprint density at radius 2 is 1.54 bits per heavy atom. The Morgan fingerprint density at radius 1 is 0.826 bits per heavy atom. The number of nitrogens with zero attached hydrogens (tertiary/aromatic N) is 2. The maximum Gasteiger partial charge on any atom is 0.315 e. The van der Waals surface area contributed by atoms with Crippen LogP contribution in [0.15, 0.2) is 115 Å². The first-order valence-electron chi connectivity index (χ1n) is 15.3. The van der Waals surface area contributed by atoms with Crippen molar-refractivity contribution in [2.45, 2.75) is 50.3 Å². The van der Waals surface area contributed by atoms with Crippen molar-refractivity contribution < 1.29 is 19.4 Å². The minimum absolute atomic E-state index is 0.00491. The van der Waals surface area contributed by atoms with Crippen LogP contribution in [-0.2, 0) is 29.2 Å². The molecular weight excluding hydrogens is 598 g/mol. The van der Waals surface area contributed by atoms with Gasteiger partial charge in [-0.2, -0.15) is 5.10 Å². The van der Waals surface area contributed by atoms with E-state index in [4.69, 9.17) is 9.47 Å². The van der Waals surface area contributed by atoms with Crippen molar-refractivity contribution in [1.82, 2.24) is 25.8 Å². The molecule has 1 fully saturated rings. The molecule has 46 heavy (non-hydrogen) atoms. The standard InChI is InChI=1S/C36H37N5O4S/c1-24-32(22-46-36-39-23-40-41-36)44-34(45-33(24)28-15-13-26(21-42)14-16-28)31-12-6-11-30(18-31)29-10-5-9-27(17-29)20-38-35(43)37-19-25-7-3-2-4-8-25/h2-18,23-24,32-34,42H,19-22H2,1H3,(H2,37,38,43)(H,39,40,41). The number of hydrogen-bond acceptors (Lipinski definition) is 7. The molecule has 236 valence electrons. The fraction of sp³-hybridized carbons (Fsp3) is 0.250. The van der Waals surface area contributed by atoms with Gasteiger partial charge in [0.1, 0.15) is 6.33 Å². The Labute approximate surface area is 272 Å². The van der Waals surface area contributed by atoms with Crippen LogP contribution in [0.3, 0.4) is 0 Å². The first kappa shape index (κ1) is 31.5. The fourth-order valence-electron chi connectivity index (χ4n) is 5.48. The predicted molar refractivity (Wildman–Crippen MR) is 177 cm³/mol. The summed E-state index contributed by atoms with van der Waals surface area (Å²) in [5.41, 5.74) is 6.91. The Kier molecular flexibility index (Phi) is 10.4. The molecule has 4 atom stereocenters. The number of aromatic nitrogens is 3. The Hall–Kier alpha value is -4.48. The minimum atomic E-state index is -0.586. The topological polar surface area (TPSA) is 121 Å². The molecule has 0 radical (unpaired) electrons. The van der Waals surface area contributed by atoms with Crippen LogP contribution in [0.2, 0.25) is 0 Å². The van der Waals surface area contributed by atoms with Gasteiger partial charge in [0.05, 0.1) is 18.8 Å². The molecule has 2 heterocycles. The van der Waals surface area contributed by atoms with Crippen molar-refractivity contribution in [3.05, 3.63) is 137 Å². The molecule has 0 saturated carbocycles. The number of hydrogen-bond donors (Lipinski definition) is 4. The van der Waals surface area contributed by atoms with E-state index in [-0.39, 0.29) is 30.8 Å². The highest BCUT2D eigenvalue weighted by Crippen LogP contribution is 2.43. The average molecular weight is 636 g/mol. The molecule has 0 spiro atoms. The van der Waals surface area contributed by atoms with Crippen LogP contribution in [0.5, 0.6) is 0 Å². The number of carbonyl (C=O) groups is 1. The van der Waals surface area contributed by atoms with Crippen molar-refractivity contribution in [1.29, 1.82) is 0 Å². The van der Waals surface area contributed by atoms with E-state index in [1.165, 1.54) is 6.33 Å². The molecule has 1 saturated heterocycles. The zero-order valence-corrected chi connectivity index (χ0v) is 26.3. The number of urea groups is 1. The lowest BCUT2D eigenvalue weighted by molar-refractivity contribution is -0.268. The fourth-order valence-corrected chi connectivity index (χ4v) is 6.43. The summed E-state index contributed by atoms with van der Waals surface area (Å²) in [6.45, 7) is 3.01. The minimum Gasteiger partial charge on any atom is -0.392 e. The third-order valence-corrected chi connectivity index (χ3v) is 9.03. The summed E-state index contributed by atoms with van der Waals surface area (Å²) in [6, 6.07) is 33.9. The number of H-pyrrole nitrogens is 1. The van der Waals surface area contributed by atoms with E-state index in [9.17, 15) is 9.90 Å². The molecule has 4 N–H and O–H groups in total. The number of thioether (sulfide) groups is 1. The van der Waals surface area contributed by atoms with E-state index in [1.807, 2.05) is 78.9 Å². The van der Waals surface area contributed by atoms with Gasteiger partial charge in [-0.15, -0.1) is 0 Å². The lowest BCUT2D eigenvalue weighted by Gasteiger charge is -2.41. The number of ether oxygens (including phenoxy) is 2. The van der Waals surface area contributed by atoms with Gasteiger partial charge in [-0.25, -0.2) is 9.78 Å². The van der Waals surface area contributed by atoms with E-state index in [0.717, 1.165) is 44.1 Å². The second-order valence-electron chi connectivity index (χ2n) is 11.3. The van der Waals surface area contributed by atoms with Crippen molar-refractivity contribution in [3.63, 3.8) is 0 Å². The van der Waals surface area contributed by atoms with E-state index in [1.54, 1.807) is 11.8 Å². The van der Waals surface area contributed by atoms with Crippen LogP contribution < -0.4 is 10.6 Å². The molecule has 0 aliphatic carbocycles. The Bertz CT molecular complexity index is 1700. The quantitative estimate of drug-likeness (QED) is 0.122. The van der Waals surface area contributed by atoms with E-state index < -0.39 is 6.29 Å². The molecule has 0 bridgehead atoms. The normalized spacial score (nSPS) is 19.4. The highest BCUT2D eigenvalue weighted by atomic mass is 32.2. The van der Waals surface area contributed by atoms with Crippen molar-refractivity contribution in [2.75, 3.05) is 5.75 Å². The van der Waals surface area contributed by atoms with Gasteiger partial charge < -0.3 is 25.2 Å². The molecular formula is C36H37N5O4S. The molecule has 1 aliphatic rings. The first-order chi connectivity index (χ1) is 22.6. The number of nitrogens with one attached hydrogen (secondary N) is 3. The van der Waals surface area contributed by atoms with Crippen molar-refractivity contribution >= 4 is 17.8 Å². The molecule has 4 unspecified atom stereocenters. The molecule has 6 rings (SSSR count). The number of carbonyl (C=O) groups excluding carboxylic acids is 1. The third kappa shape index (κ3) is 8.02. The Balaban J connectivity index is 1.16. The van der Waals surface area contributed by atoms with Crippen molar-refractivity contribution in [3.8, 4) is 11.1 Å². The lowest BCUT2D eigenvalue weighted by atomic mass is 9.91. The van der Waals surface area contributed by atoms with Gasteiger partial charge in [-0.05, 0) is 45.5 Å². The highest BCUT2D eigenvalue weighted by Gasteiger charge is 2.38. The number of rotatable bonds is 11. The molecule has 2 amide bonds. The van der Waals surface area contributed by atoms with E-state index in [0.29, 0.717) is 18.8 Å². The van der Waals surface area contributed by atoms with Crippen LogP contribution in [0.4, 0.5) is 4.79 Å². The maximum absolute atomic E-state index is 12.4. The van der Waals surface area contributed by atoms with Crippen LogP contribution in [-0.4, -0.2) is 38.2 Å². The van der Waals surface area contributed by atoms with Crippen LogP contribution >= 0.6 is 11.8 Å². The van der Waals surface area contributed by atoms with Crippen LogP contribution in [0, 0.1) is 5.92 Å². The number of benzene rings is 4. The monoisotopic (exact) mass is 635 g/mol. The Morgan fingerprint density at radius 3 is 2.28 bits per heavy atom. The lowest BCUT2D eigenvalue weighted by Crippen LogP contribution is -2.38. The summed E-state index contributed by atoms with van der Waals surface area (Å²) in [7, 11) is 0. The van der Waals surface area contributed by atoms with Gasteiger partial charge in [0, 0.05) is 30.3 Å². The number of amides is 2. The highest BCUT2D eigenvalue weighted by molar-refractivity contribution is 7.99. The summed E-state index contributed by atoms with van der Waals surface area (Å²) < 4.78 is 13.3.